The van der Waals surface area contributed by atoms with E-state index in [0.717, 1.165) is 0 Å². The Hall–Kier alpha value is -3.00. The average Bonchev–Trinajstić information content (AvgIpc) is 2.53. The Morgan fingerprint density at radius 3 is 2.54 bits per heavy atom. The lowest BCUT2D eigenvalue weighted by Crippen LogP contribution is -2.19. The van der Waals surface area contributed by atoms with Crippen LogP contribution in [0.2, 0.25) is 0 Å². The van der Waals surface area contributed by atoms with E-state index in [2.05, 4.69) is 15.2 Å². The van der Waals surface area contributed by atoms with E-state index in [9.17, 15) is 4.79 Å². The van der Waals surface area contributed by atoms with Gasteiger partial charge in [-0.25, -0.2) is 4.98 Å². The number of para-hydroxylation sites is 1. The summed E-state index contributed by atoms with van der Waals surface area (Å²) in [6.45, 7) is 0.607. The summed E-state index contributed by atoms with van der Waals surface area (Å²) >= 11 is 0. The lowest BCUT2D eigenvalue weighted by atomic mass is 10.3. The zero-order valence-electron chi connectivity index (χ0n) is 13.6. The summed E-state index contributed by atoms with van der Waals surface area (Å²) in [6, 6.07) is 10.1. The van der Waals surface area contributed by atoms with Crippen LogP contribution in [0.5, 0.6) is 5.75 Å². The van der Waals surface area contributed by atoms with Gasteiger partial charge in [0.1, 0.15) is 17.2 Å². The minimum atomic E-state index is -0.333. The summed E-state index contributed by atoms with van der Waals surface area (Å²) in [5.74, 6) is 0.493. The molecule has 0 aliphatic carbocycles. The first-order valence-electron chi connectivity index (χ1n) is 7.34. The van der Waals surface area contributed by atoms with Crippen LogP contribution < -0.4 is 16.2 Å². The zero-order chi connectivity index (χ0) is 17.5. The molecule has 8 heteroatoms. The van der Waals surface area contributed by atoms with Gasteiger partial charge in [-0.3, -0.25) is 4.79 Å². The van der Waals surface area contributed by atoms with Gasteiger partial charge in [0.05, 0.1) is 6.42 Å². The second-order valence-corrected chi connectivity index (χ2v) is 5.34. The second kappa shape index (κ2) is 8.02. The first kappa shape index (κ1) is 17.4. The molecule has 0 spiro atoms. The minimum absolute atomic E-state index is 0.180. The summed E-state index contributed by atoms with van der Waals surface area (Å²) in [4.78, 5) is 17.7. The molecule has 0 aliphatic rings. The molecule has 126 valence electrons. The average molecular weight is 328 g/mol. The number of anilines is 2. The van der Waals surface area contributed by atoms with Crippen LogP contribution in [-0.2, 0) is 4.79 Å². The summed E-state index contributed by atoms with van der Waals surface area (Å²) in [5, 5.41) is 8.13. The van der Waals surface area contributed by atoms with Crippen molar-refractivity contribution in [3.05, 3.63) is 36.4 Å². The lowest BCUT2D eigenvalue weighted by Gasteiger charge is -2.09. The number of nitrogens with two attached hydrogens (primary N) is 2. The van der Waals surface area contributed by atoms with Crippen LogP contribution >= 0.6 is 0 Å². The smallest absolute Gasteiger partial charge is 0.312 e. The van der Waals surface area contributed by atoms with Gasteiger partial charge in [0.25, 0.3) is 0 Å². The van der Waals surface area contributed by atoms with Crippen LogP contribution in [0.4, 0.5) is 23.0 Å². The van der Waals surface area contributed by atoms with Crippen molar-refractivity contribution in [3.8, 4) is 5.75 Å². The molecule has 0 saturated heterocycles. The lowest BCUT2D eigenvalue weighted by molar-refractivity contribution is -0.134. The van der Waals surface area contributed by atoms with Crippen molar-refractivity contribution >= 4 is 29.0 Å². The standard InChI is InChI=1S/C16H20N6O2/c1-22(2)10-9-15(23)24-13-6-4-3-5-11(13)20-21-12-7-8-14(17)19-16(12)18/h3-8H,9-10H2,1-2H3,(H4,17,18,19). The monoisotopic (exact) mass is 328 g/mol. The van der Waals surface area contributed by atoms with Gasteiger partial charge in [-0.2, -0.15) is 0 Å². The number of carbonyl (C=O) groups excluding carboxylic acids is 1. The Kier molecular flexibility index (Phi) is 5.80. The fraction of sp³-hybridized carbons (Fsp3) is 0.250. The molecule has 4 N–H and O–H groups in total. The SMILES string of the molecule is CN(C)CCC(=O)Oc1ccccc1N=Nc1ccc(N)nc1N. The number of rotatable bonds is 6. The van der Waals surface area contributed by atoms with E-state index < -0.39 is 0 Å². The van der Waals surface area contributed by atoms with Gasteiger partial charge in [-0.05, 0) is 38.4 Å². The molecule has 2 rings (SSSR count). The highest BCUT2D eigenvalue weighted by Crippen LogP contribution is 2.30. The van der Waals surface area contributed by atoms with Crippen LogP contribution in [0, 0.1) is 0 Å². The maximum Gasteiger partial charge on any atom is 0.312 e. The number of carbonyl (C=O) groups is 1. The van der Waals surface area contributed by atoms with Crippen LogP contribution in [0.3, 0.4) is 0 Å². The van der Waals surface area contributed by atoms with Crippen molar-refractivity contribution < 1.29 is 9.53 Å². The van der Waals surface area contributed by atoms with Crippen molar-refractivity contribution in [2.24, 2.45) is 10.2 Å². The van der Waals surface area contributed by atoms with Crippen LogP contribution in [-0.4, -0.2) is 36.5 Å². The third kappa shape index (κ3) is 5.03. The molecular formula is C16H20N6O2. The van der Waals surface area contributed by atoms with Crippen LogP contribution in [0.1, 0.15) is 6.42 Å². The topological polar surface area (TPSA) is 119 Å². The van der Waals surface area contributed by atoms with Gasteiger partial charge < -0.3 is 21.1 Å². The Morgan fingerprint density at radius 1 is 1.12 bits per heavy atom. The minimum Gasteiger partial charge on any atom is -0.424 e. The van der Waals surface area contributed by atoms with Crippen LogP contribution in [0.25, 0.3) is 0 Å². The molecule has 0 saturated carbocycles. The molecule has 1 aromatic carbocycles. The number of ether oxygens (including phenoxy) is 1. The van der Waals surface area contributed by atoms with Gasteiger partial charge in [0.15, 0.2) is 11.6 Å². The maximum atomic E-state index is 11.9. The van der Waals surface area contributed by atoms with Gasteiger partial charge in [-0.15, -0.1) is 10.2 Å². The molecule has 0 fully saturated rings. The number of nitrogen functional groups attached to an aromatic ring is 2. The summed E-state index contributed by atoms with van der Waals surface area (Å²) in [6.07, 6.45) is 0.285. The molecule has 24 heavy (non-hydrogen) atoms. The van der Waals surface area contributed by atoms with Gasteiger partial charge in [-0.1, -0.05) is 12.1 Å². The van der Waals surface area contributed by atoms with E-state index in [-0.39, 0.29) is 18.2 Å². The number of azo groups is 1. The predicted octanol–water partition coefficient (Wildman–Crippen LogP) is 2.52. The quantitative estimate of drug-likeness (QED) is 0.477. The molecule has 0 amide bonds. The maximum absolute atomic E-state index is 11.9. The fourth-order valence-electron chi connectivity index (χ4n) is 1.79. The Balaban J connectivity index is 2.13. The predicted molar refractivity (Wildman–Crippen MR) is 92.5 cm³/mol. The number of esters is 1. The third-order valence-corrected chi connectivity index (χ3v) is 3.04. The van der Waals surface area contributed by atoms with E-state index in [4.69, 9.17) is 16.2 Å². The van der Waals surface area contributed by atoms with Crippen molar-refractivity contribution in [3.63, 3.8) is 0 Å². The number of hydrogen-bond donors (Lipinski definition) is 2. The Labute approximate surface area is 140 Å². The number of nitrogens with zero attached hydrogens (tertiary/aromatic N) is 4. The second-order valence-electron chi connectivity index (χ2n) is 5.34. The molecule has 0 radical (unpaired) electrons. The molecule has 2 aromatic rings. The van der Waals surface area contributed by atoms with E-state index in [1.807, 2.05) is 19.0 Å². The largest absolute Gasteiger partial charge is 0.424 e. The molecule has 0 atom stereocenters. The van der Waals surface area contributed by atoms with E-state index in [1.165, 1.54) is 0 Å². The Morgan fingerprint density at radius 2 is 1.83 bits per heavy atom. The highest BCUT2D eigenvalue weighted by atomic mass is 16.5. The molecule has 0 unspecified atom stereocenters. The van der Waals surface area contributed by atoms with Gasteiger partial charge in [0.2, 0.25) is 0 Å². The molecule has 1 heterocycles. The normalized spacial score (nSPS) is 11.1. The zero-order valence-corrected chi connectivity index (χ0v) is 13.6. The number of hydrogen-bond acceptors (Lipinski definition) is 8. The first-order chi connectivity index (χ1) is 11.5. The molecular weight excluding hydrogens is 308 g/mol. The number of benzene rings is 1. The highest BCUT2D eigenvalue weighted by molar-refractivity contribution is 5.74. The van der Waals surface area contributed by atoms with E-state index in [1.54, 1.807) is 36.4 Å². The highest BCUT2D eigenvalue weighted by Gasteiger charge is 2.09. The first-order valence-corrected chi connectivity index (χ1v) is 7.34. The molecule has 1 aromatic heterocycles. The summed E-state index contributed by atoms with van der Waals surface area (Å²) in [5.41, 5.74) is 12.1. The molecule has 0 aliphatic heterocycles. The molecule has 0 bridgehead atoms. The van der Waals surface area contributed by atoms with Crippen molar-refractivity contribution in [1.29, 1.82) is 0 Å². The van der Waals surface area contributed by atoms with Crippen molar-refractivity contribution in [2.45, 2.75) is 6.42 Å². The third-order valence-electron chi connectivity index (χ3n) is 3.04. The fourth-order valence-corrected chi connectivity index (χ4v) is 1.79. The van der Waals surface area contributed by atoms with E-state index >= 15 is 0 Å². The van der Waals surface area contributed by atoms with Gasteiger partial charge >= 0.3 is 5.97 Å². The van der Waals surface area contributed by atoms with Crippen LogP contribution in [0.15, 0.2) is 46.6 Å². The number of aromatic nitrogens is 1. The number of pyridine rings is 1. The summed E-state index contributed by atoms with van der Waals surface area (Å²) < 4.78 is 5.35. The van der Waals surface area contributed by atoms with Crippen molar-refractivity contribution in [1.82, 2.24) is 9.88 Å². The van der Waals surface area contributed by atoms with E-state index in [0.29, 0.717) is 29.5 Å². The summed E-state index contributed by atoms with van der Waals surface area (Å²) in [7, 11) is 3.78. The molecule has 8 nitrogen and oxygen atoms in total. The van der Waals surface area contributed by atoms with Crippen molar-refractivity contribution in [2.75, 3.05) is 32.1 Å². The van der Waals surface area contributed by atoms with Gasteiger partial charge in [0, 0.05) is 6.54 Å². The Bertz CT molecular complexity index is 745.